The second-order valence-corrected chi connectivity index (χ2v) is 6.37. The molecule has 3 aromatic rings. The minimum atomic E-state index is -0.266. The smallest absolute Gasteiger partial charge is 0.257 e. The van der Waals surface area contributed by atoms with Gasteiger partial charge in [-0.15, -0.1) is 10.2 Å². The number of carbonyl (C=O) groups is 1. The van der Waals surface area contributed by atoms with Gasteiger partial charge in [-0.25, -0.2) is 0 Å². The predicted molar refractivity (Wildman–Crippen MR) is 96.6 cm³/mol. The molecule has 0 aliphatic rings. The average Bonchev–Trinajstić information content (AvgIpc) is 3.08. The molecule has 3 rings (SSSR count). The van der Waals surface area contributed by atoms with Crippen molar-refractivity contribution in [3.8, 4) is 11.5 Å². The summed E-state index contributed by atoms with van der Waals surface area (Å²) in [5, 5.41) is 12.2. The number of hydrogen-bond acceptors (Lipinski definition) is 6. The number of anilines is 1. The van der Waals surface area contributed by atoms with Gasteiger partial charge in [0.1, 0.15) is 18.1 Å². The molecule has 0 saturated heterocycles. The zero-order valence-electron chi connectivity index (χ0n) is 13.2. The SMILES string of the molecule is COc1ccc(C(=O)Nc2nnc(COc3ccccc3Cl)s2)cc1. The Morgan fingerprint density at radius 2 is 1.92 bits per heavy atom. The number of hydrogen-bond donors (Lipinski definition) is 1. The average molecular weight is 376 g/mol. The quantitative estimate of drug-likeness (QED) is 0.704. The topological polar surface area (TPSA) is 73.3 Å². The summed E-state index contributed by atoms with van der Waals surface area (Å²) in [5.41, 5.74) is 0.505. The maximum atomic E-state index is 12.2. The van der Waals surface area contributed by atoms with E-state index in [1.807, 2.05) is 12.1 Å². The summed E-state index contributed by atoms with van der Waals surface area (Å²) in [4.78, 5) is 12.2. The zero-order valence-corrected chi connectivity index (χ0v) is 14.8. The van der Waals surface area contributed by atoms with Gasteiger partial charge in [-0.3, -0.25) is 10.1 Å². The molecular formula is C17H14ClN3O3S. The highest BCUT2D eigenvalue weighted by Gasteiger charge is 2.11. The number of benzene rings is 2. The maximum absolute atomic E-state index is 12.2. The summed E-state index contributed by atoms with van der Waals surface area (Å²) in [7, 11) is 1.57. The van der Waals surface area contributed by atoms with Crippen LogP contribution in [0.15, 0.2) is 48.5 Å². The van der Waals surface area contributed by atoms with Crippen LogP contribution in [0.4, 0.5) is 5.13 Å². The molecule has 1 N–H and O–H groups in total. The van der Waals surface area contributed by atoms with E-state index in [0.717, 1.165) is 0 Å². The number of rotatable bonds is 6. The summed E-state index contributed by atoms with van der Waals surface area (Å²) < 4.78 is 10.7. The van der Waals surface area contributed by atoms with Gasteiger partial charge >= 0.3 is 0 Å². The summed E-state index contributed by atoms with van der Waals surface area (Å²) in [6, 6.07) is 14.0. The lowest BCUT2D eigenvalue weighted by atomic mass is 10.2. The van der Waals surface area contributed by atoms with Crippen LogP contribution in [-0.4, -0.2) is 23.2 Å². The van der Waals surface area contributed by atoms with Crippen LogP contribution in [0.25, 0.3) is 0 Å². The molecule has 0 aliphatic heterocycles. The number of para-hydroxylation sites is 1. The van der Waals surface area contributed by atoms with Crippen LogP contribution in [0, 0.1) is 0 Å². The van der Waals surface area contributed by atoms with Crippen LogP contribution in [0.5, 0.6) is 11.5 Å². The summed E-state index contributed by atoms with van der Waals surface area (Å²) in [6.45, 7) is 0.222. The number of amides is 1. The molecule has 2 aromatic carbocycles. The minimum absolute atomic E-state index is 0.222. The third kappa shape index (κ3) is 4.46. The predicted octanol–water partition coefficient (Wildman–Crippen LogP) is 4.03. The van der Waals surface area contributed by atoms with Gasteiger partial charge in [-0.05, 0) is 36.4 Å². The van der Waals surface area contributed by atoms with Crippen molar-refractivity contribution in [2.24, 2.45) is 0 Å². The van der Waals surface area contributed by atoms with Crippen molar-refractivity contribution >= 4 is 34.0 Å². The fourth-order valence-corrected chi connectivity index (χ4v) is 2.81. The Hall–Kier alpha value is -2.64. The number of ether oxygens (including phenoxy) is 2. The first-order valence-corrected chi connectivity index (χ1v) is 8.50. The Bertz CT molecular complexity index is 868. The standard InChI is InChI=1S/C17H14ClN3O3S/c1-23-12-8-6-11(7-9-12)16(22)19-17-21-20-15(25-17)10-24-14-5-3-2-4-13(14)18/h2-9H,10H2,1H3,(H,19,21,22). The molecule has 1 heterocycles. The highest BCUT2D eigenvalue weighted by atomic mass is 35.5. The fourth-order valence-electron chi connectivity index (χ4n) is 1.98. The highest BCUT2D eigenvalue weighted by molar-refractivity contribution is 7.15. The van der Waals surface area contributed by atoms with Crippen molar-refractivity contribution in [3.05, 3.63) is 64.1 Å². The van der Waals surface area contributed by atoms with Crippen molar-refractivity contribution in [2.75, 3.05) is 12.4 Å². The Balaban J connectivity index is 1.59. The van der Waals surface area contributed by atoms with E-state index < -0.39 is 0 Å². The number of halogens is 1. The van der Waals surface area contributed by atoms with E-state index in [1.165, 1.54) is 11.3 Å². The van der Waals surface area contributed by atoms with E-state index in [-0.39, 0.29) is 12.5 Å². The van der Waals surface area contributed by atoms with Crippen LogP contribution in [0.1, 0.15) is 15.4 Å². The first-order valence-electron chi connectivity index (χ1n) is 7.31. The molecule has 0 unspecified atom stereocenters. The van der Waals surface area contributed by atoms with Gasteiger partial charge in [0, 0.05) is 5.56 Å². The monoisotopic (exact) mass is 375 g/mol. The molecule has 0 aliphatic carbocycles. The van der Waals surface area contributed by atoms with E-state index in [1.54, 1.807) is 43.5 Å². The number of carbonyl (C=O) groups excluding carboxylic acids is 1. The molecule has 1 amide bonds. The van der Waals surface area contributed by atoms with Gasteiger partial charge < -0.3 is 9.47 Å². The summed E-state index contributed by atoms with van der Waals surface area (Å²) in [6.07, 6.45) is 0. The third-order valence-electron chi connectivity index (χ3n) is 3.23. The van der Waals surface area contributed by atoms with Crippen molar-refractivity contribution in [1.82, 2.24) is 10.2 Å². The van der Waals surface area contributed by atoms with Gasteiger partial charge in [-0.1, -0.05) is 35.1 Å². The number of nitrogens with one attached hydrogen (secondary N) is 1. The van der Waals surface area contributed by atoms with Crippen LogP contribution in [0.3, 0.4) is 0 Å². The molecular weight excluding hydrogens is 362 g/mol. The minimum Gasteiger partial charge on any atom is -0.497 e. The summed E-state index contributed by atoms with van der Waals surface area (Å²) >= 11 is 7.27. The largest absolute Gasteiger partial charge is 0.497 e. The van der Waals surface area contributed by atoms with Gasteiger partial charge in [0.2, 0.25) is 5.13 Å². The lowest BCUT2D eigenvalue weighted by molar-refractivity contribution is 0.102. The molecule has 6 nitrogen and oxygen atoms in total. The normalized spacial score (nSPS) is 10.3. The van der Waals surface area contributed by atoms with Gasteiger partial charge in [0.25, 0.3) is 5.91 Å². The fraction of sp³-hybridized carbons (Fsp3) is 0.118. The van der Waals surface area contributed by atoms with Gasteiger partial charge in [0.15, 0.2) is 5.01 Å². The Morgan fingerprint density at radius 1 is 1.16 bits per heavy atom. The second-order valence-electron chi connectivity index (χ2n) is 4.90. The molecule has 0 radical (unpaired) electrons. The summed E-state index contributed by atoms with van der Waals surface area (Å²) in [5.74, 6) is 0.993. The van der Waals surface area contributed by atoms with Crippen molar-refractivity contribution < 1.29 is 14.3 Å². The molecule has 8 heteroatoms. The molecule has 0 atom stereocenters. The van der Waals surface area contributed by atoms with Crippen LogP contribution >= 0.6 is 22.9 Å². The van der Waals surface area contributed by atoms with Crippen LogP contribution in [-0.2, 0) is 6.61 Å². The molecule has 128 valence electrons. The van der Waals surface area contributed by atoms with E-state index in [9.17, 15) is 4.79 Å². The number of methoxy groups -OCH3 is 1. The molecule has 0 bridgehead atoms. The van der Waals surface area contributed by atoms with Crippen molar-refractivity contribution in [3.63, 3.8) is 0 Å². The van der Waals surface area contributed by atoms with Crippen molar-refractivity contribution in [2.45, 2.75) is 6.61 Å². The lowest BCUT2D eigenvalue weighted by Gasteiger charge is -2.04. The van der Waals surface area contributed by atoms with Crippen LogP contribution < -0.4 is 14.8 Å². The third-order valence-corrected chi connectivity index (χ3v) is 4.35. The second kappa shape index (κ2) is 7.96. The number of nitrogens with zero attached hydrogens (tertiary/aromatic N) is 2. The Morgan fingerprint density at radius 3 is 2.64 bits per heavy atom. The van der Waals surface area contributed by atoms with E-state index >= 15 is 0 Å². The molecule has 1 aromatic heterocycles. The van der Waals surface area contributed by atoms with Crippen LogP contribution in [0.2, 0.25) is 5.02 Å². The lowest BCUT2D eigenvalue weighted by Crippen LogP contribution is -2.11. The van der Waals surface area contributed by atoms with Crippen molar-refractivity contribution in [1.29, 1.82) is 0 Å². The van der Waals surface area contributed by atoms with Gasteiger partial charge in [-0.2, -0.15) is 0 Å². The number of aromatic nitrogens is 2. The molecule has 25 heavy (non-hydrogen) atoms. The molecule has 0 fully saturated rings. The van der Waals surface area contributed by atoms with E-state index in [0.29, 0.717) is 32.2 Å². The first kappa shape index (κ1) is 17.2. The molecule has 0 saturated carbocycles. The van der Waals surface area contributed by atoms with Gasteiger partial charge in [0.05, 0.1) is 12.1 Å². The van der Waals surface area contributed by atoms with E-state index in [4.69, 9.17) is 21.1 Å². The molecule has 0 spiro atoms. The zero-order chi connectivity index (χ0) is 17.6. The first-order chi connectivity index (χ1) is 12.2. The Kier molecular flexibility index (Phi) is 5.47. The highest BCUT2D eigenvalue weighted by Crippen LogP contribution is 2.25. The Labute approximate surface area is 153 Å². The van der Waals surface area contributed by atoms with E-state index in [2.05, 4.69) is 15.5 Å². The maximum Gasteiger partial charge on any atom is 0.257 e.